The lowest BCUT2D eigenvalue weighted by molar-refractivity contribution is -0.0894. The predicted molar refractivity (Wildman–Crippen MR) is 87.4 cm³/mol. The van der Waals surface area contributed by atoms with Crippen LogP contribution >= 0.6 is 0 Å². The van der Waals surface area contributed by atoms with Gasteiger partial charge in [-0.25, -0.2) is 0 Å². The summed E-state index contributed by atoms with van der Waals surface area (Å²) < 4.78 is 16.3. The first kappa shape index (κ1) is 17.0. The number of hydrogen-bond donors (Lipinski definition) is 1. The molecule has 1 aliphatic carbocycles. The molecule has 1 N–H and O–H groups in total. The van der Waals surface area contributed by atoms with Gasteiger partial charge in [0, 0.05) is 33.0 Å². The second kappa shape index (κ2) is 6.57. The van der Waals surface area contributed by atoms with Crippen molar-refractivity contribution >= 4 is 5.91 Å². The molecule has 2 heterocycles. The van der Waals surface area contributed by atoms with Crippen molar-refractivity contribution in [3.8, 4) is 5.75 Å². The number of nitrogens with one attached hydrogen (secondary N) is 1. The Morgan fingerprint density at radius 1 is 1.33 bits per heavy atom. The van der Waals surface area contributed by atoms with Crippen LogP contribution in [-0.4, -0.2) is 61.4 Å². The van der Waals surface area contributed by atoms with E-state index in [0.717, 1.165) is 25.7 Å². The molecule has 0 aromatic carbocycles. The average Bonchev–Trinajstić information content (AvgIpc) is 3.00. The van der Waals surface area contributed by atoms with Gasteiger partial charge in [-0.15, -0.1) is 0 Å². The van der Waals surface area contributed by atoms with Crippen molar-refractivity contribution < 1.29 is 19.0 Å². The normalized spacial score (nSPS) is 29.4. The van der Waals surface area contributed by atoms with E-state index in [4.69, 9.17) is 14.2 Å². The number of amides is 1. The van der Waals surface area contributed by atoms with Crippen molar-refractivity contribution in [2.24, 2.45) is 0 Å². The number of fused-ring (bicyclic) bond motifs is 1. The Morgan fingerprint density at radius 3 is 2.75 bits per heavy atom. The molecule has 0 bridgehead atoms. The Hall–Kier alpha value is -1.86. The summed E-state index contributed by atoms with van der Waals surface area (Å²) in [6.07, 6.45) is 4.90. The zero-order valence-corrected chi connectivity index (χ0v) is 14.3. The molecule has 24 heavy (non-hydrogen) atoms. The Labute approximate surface area is 140 Å². The number of methoxy groups -OCH3 is 3. The standard InChI is InChI=1S/C17H24N2O5/c1-22-11-4-5-17(24-3)6-7-19(15(17)8-11)16(21)12-9-13(20)14(23-2)10-18-12/h9-11,15H,4-8H2,1-3H3,(H,18,20)/t11-,15+,17-/m0/s1. The largest absolute Gasteiger partial charge is 0.491 e. The van der Waals surface area contributed by atoms with Crippen LogP contribution < -0.4 is 10.2 Å². The summed E-state index contributed by atoms with van der Waals surface area (Å²) in [6, 6.07) is 1.25. The van der Waals surface area contributed by atoms with E-state index >= 15 is 0 Å². The van der Waals surface area contributed by atoms with E-state index in [-0.39, 0.29) is 40.5 Å². The molecule has 1 amide bonds. The molecule has 2 aliphatic rings. The molecule has 7 heteroatoms. The van der Waals surface area contributed by atoms with Crippen LogP contribution in [0.4, 0.5) is 0 Å². The molecule has 1 aromatic heterocycles. The Bertz CT molecular complexity index is 673. The lowest BCUT2D eigenvalue weighted by Crippen LogP contribution is -2.53. The topological polar surface area (TPSA) is 80.9 Å². The third-order valence-corrected chi connectivity index (χ3v) is 5.46. The minimum atomic E-state index is -0.310. The van der Waals surface area contributed by atoms with Crippen molar-refractivity contribution in [3.05, 3.63) is 28.2 Å². The summed E-state index contributed by atoms with van der Waals surface area (Å²) in [4.78, 5) is 29.5. The van der Waals surface area contributed by atoms with Gasteiger partial charge in [0.15, 0.2) is 5.75 Å². The first-order chi connectivity index (χ1) is 11.5. The maximum atomic E-state index is 12.9. The van der Waals surface area contributed by atoms with Gasteiger partial charge >= 0.3 is 0 Å². The minimum Gasteiger partial charge on any atom is -0.491 e. The number of aromatic amines is 1. The van der Waals surface area contributed by atoms with Gasteiger partial charge in [-0.3, -0.25) is 9.59 Å². The van der Waals surface area contributed by atoms with Crippen molar-refractivity contribution in [2.45, 2.75) is 43.4 Å². The second-order valence-corrected chi connectivity index (χ2v) is 6.44. The highest BCUT2D eigenvalue weighted by molar-refractivity contribution is 5.93. The zero-order valence-electron chi connectivity index (χ0n) is 14.3. The van der Waals surface area contributed by atoms with Gasteiger partial charge in [-0.1, -0.05) is 0 Å². The molecular weight excluding hydrogens is 312 g/mol. The van der Waals surface area contributed by atoms with Crippen LogP contribution in [0.15, 0.2) is 17.1 Å². The smallest absolute Gasteiger partial charge is 0.270 e. The van der Waals surface area contributed by atoms with Gasteiger partial charge in [-0.05, 0) is 25.7 Å². The lowest BCUT2D eigenvalue weighted by atomic mass is 9.79. The van der Waals surface area contributed by atoms with Gasteiger partial charge in [0.05, 0.1) is 24.9 Å². The summed E-state index contributed by atoms with van der Waals surface area (Å²) in [5, 5.41) is 0. The summed E-state index contributed by atoms with van der Waals surface area (Å²) >= 11 is 0. The number of H-pyrrole nitrogens is 1. The van der Waals surface area contributed by atoms with E-state index in [2.05, 4.69) is 4.98 Å². The number of pyridine rings is 1. The number of ether oxygens (including phenoxy) is 3. The summed E-state index contributed by atoms with van der Waals surface area (Å²) in [5.74, 6) is 0.00625. The third kappa shape index (κ3) is 2.71. The second-order valence-electron chi connectivity index (χ2n) is 6.44. The van der Waals surface area contributed by atoms with E-state index in [1.165, 1.54) is 19.4 Å². The number of hydrogen-bond acceptors (Lipinski definition) is 5. The van der Waals surface area contributed by atoms with Crippen LogP contribution in [0.3, 0.4) is 0 Å². The van der Waals surface area contributed by atoms with Gasteiger partial charge < -0.3 is 24.1 Å². The lowest BCUT2D eigenvalue weighted by Gasteiger charge is -2.43. The molecule has 1 saturated carbocycles. The van der Waals surface area contributed by atoms with Crippen LogP contribution in [0.1, 0.15) is 36.2 Å². The van der Waals surface area contributed by atoms with Gasteiger partial charge in [0.25, 0.3) is 5.91 Å². The maximum Gasteiger partial charge on any atom is 0.270 e. The van der Waals surface area contributed by atoms with Crippen molar-refractivity contribution in [3.63, 3.8) is 0 Å². The molecule has 0 radical (unpaired) electrons. The van der Waals surface area contributed by atoms with Crippen LogP contribution in [0.2, 0.25) is 0 Å². The van der Waals surface area contributed by atoms with Gasteiger partial charge in [-0.2, -0.15) is 0 Å². The Kier molecular flexibility index (Phi) is 4.64. The van der Waals surface area contributed by atoms with Crippen LogP contribution in [0.5, 0.6) is 5.75 Å². The number of carbonyl (C=O) groups excluding carboxylic acids is 1. The van der Waals surface area contributed by atoms with Crippen LogP contribution in [0, 0.1) is 0 Å². The van der Waals surface area contributed by atoms with E-state index < -0.39 is 0 Å². The fourth-order valence-electron chi connectivity index (χ4n) is 4.02. The third-order valence-electron chi connectivity index (χ3n) is 5.46. The first-order valence-electron chi connectivity index (χ1n) is 8.20. The number of nitrogens with zero attached hydrogens (tertiary/aromatic N) is 1. The Balaban J connectivity index is 1.87. The molecule has 2 fully saturated rings. The van der Waals surface area contributed by atoms with Crippen molar-refractivity contribution in [2.75, 3.05) is 27.9 Å². The van der Waals surface area contributed by atoms with E-state index in [1.807, 2.05) is 4.90 Å². The molecule has 0 spiro atoms. The summed E-state index contributed by atoms with van der Waals surface area (Å²) in [6.45, 7) is 0.613. The summed E-state index contributed by atoms with van der Waals surface area (Å²) in [7, 11) is 4.84. The molecular formula is C17H24N2O5. The highest BCUT2D eigenvalue weighted by atomic mass is 16.5. The molecule has 3 rings (SSSR count). The maximum absolute atomic E-state index is 12.9. The van der Waals surface area contributed by atoms with Crippen molar-refractivity contribution in [1.82, 2.24) is 9.88 Å². The van der Waals surface area contributed by atoms with Gasteiger partial charge in [0.2, 0.25) is 5.43 Å². The Morgan fingerprint density at radius 2 is 2.12 bits per heavy atom. The molecule has 3 atom stereocenters. The molecule has 0 unspecified atom stereocenters. The minimum absolute atomic E-state index is 0.0423. The zero-order chi connectivity index (χ0) is 17.3. The molecule has 7 nitrogen and oxygen atoms in total. The van der Waals surface area contributed by atoms with Crippen molar-refractivity contribution in [1.29, 1.82) is 0 Å². The first-order valence-corrected chi connectivity index (χ1v) is 8.20. The SMILES string of the molecule is COc1c[nH]c(C(=O)N2CC[C@@]3(OC)CC[C@H](OC)C[C@@H]23)cc1=O. The summed E-state index contributed by atoms with van der Waals surface area (Å²) in [5.41, 5.74) is -0.347. The fourth-order valence-corrected chi connectivity index (χ4v) is 4.02. The number of rotatable bonds is 4. The van der Waals surface area contributed by atoms with Gasteiger partial charge in [0.1, 0.15) is 5.69 Å². The quantitative estimate of drug-likeness (QED) is 0.893. The monoisotopic (exact) mass is 336 g/mol. The number of carbonyl (C=O) groups is 1. The van der Waals surface area contributed by atoms with E-state index in [9.17, 15) is 9.59 Å². The van der Waals surface area contributed by atoms with E-state index in [0.29, 0.717) is 6.54 Å². The highest BCUT2D eigenvalue weighted by Gasteiger charge is 2.52. The number of aromatic nitrogens is 1. The predicted octanol–water partition coefficient (Wildman–Crippen LogP) is 1.18. The average molecular weight is 336 g/mol. The molecule has 132 valence electrons. The number of likely N-dealkylation sites (tertiary alicyclic amines) is 1. The van der Waals surface area contributed by atoms with E-state index in [1.54, 1.807) is 14.2 Å². The molecule has 1 saturated heterocycles. The highest BCUT2D eigenvalue weighted by Crippen LogP contribution is 2.43. The van der Waals surface area contributed by atoms with Crippen LogP contribution in [-0.2, 0) is 9.47 Å². The molecule has 1 aliphatic heterocycles. The fraction of sp³-hybridized carbons (Fsp3) is 0.647. The molecule has 1 aromatic rings. The van der Waals surface area contributed by atoms with Crippen LogP contribution in [0.25, 0.3) is 0 Å².